The zero-order valence-corrected chi connectivity index (χ0v) is 15.1. The molecule has 0 aliphatic rings. The fourth-order valence-corrected chi connectivity index (χ4v) is 2.72. The summed E-state index contributed by atoms with van der Waals surface area (Å²) in [6.45, 7) is 10.9. The molecule has 2 aromatic rings. The first kappa shape index (κ1) is 17.6. The Hall–Kier alpha value is -1.73. The zero-order valence-electron chi connectivity index (χ0n) is 14.3. The molecule has 1 unspecified atom stereocenters. The van der Waals surface area contributed by atoms with Crippen molar-refractivity contribution in [1.29, 1.82) is 0 Å². The van der Waals surface area contributed by atoms with Crippen LogP contribution in [-0.4, -0.2) is 27.3 Å². The van der Waals surface area contributed by atoms with Crippen molar-refractivity contribution in [2.45, 2.75) is 47.3 Å². The molecule has 0 aliphatic heterocycles. The number of rotatable bonds is 6. The average Bonchev–Trinajstić information content (AvgIpc) is 3.08. The van der Waals surface area contributed by atoms with E-state index in [1.54, 1.807) is 22.2 Å². The largest absolute Gasteiger partial charge is 0.372 e. The smallest absolute Gasteiger partial charge is 0.229 e. The Labute approximate surface area is 140 Å². The lowest BCUT2D eigenvalue weighted by Crippen LogP contribution is -2.27. The van der Waals surface area contributed by atoms with Crippen molar-refractivity contribution >= 4 is 22.9 Å². The van der Waals surface area contributed by atoms with Gasteiger partial charge in [-0.1, -0.05) is 20.8 Å². The van der Waals surface area contributed by atoms with Crippen molar-refractivity contribution < 1.29 is 9.53 Å². The van der Waals surface area contributed by atoms with Gasteiger partial charge >= 0.3 is 0 Å². The lowest BCUT2D eigenvalue weighted by atomic mass is 9.96. The summed E-state index contributed by atoms with van der Waals surface area (Å²) in [5, 5.41) is 10.1. The van der Waals surface area contributed by atoms with E-state index in [2.05, 4.69) is 15.4 Å². The minimum absolute atomic E-state index is 0.0120. The highest BCUT2D eigenvalue weighted by Gasteiger charge is 2.21. The SMILES string of the molecule is CCOC(C)c1nc(Cn2cc(NC(=O)C(C)(C)C)cn2)cs1. The number of amides is 1. The van der Waals surface area contributed by atoms with E-state index in [9.17, 15) is 4.79 Å². The second-order valence-electron chi connectivity index (χ2n) is 6.41. The lowest BCUT2D eigenvalue weighted by molar-refractivity contribution is -0.123. The molecule has 0 saturated heterocycles. The average molecular weight is 336 g/mol. The van der Waals surface area contributed by atoms with Crippen molar-refractivity contribution in [3.8, 4) is 0 Å². The fourth-order valence-electron chi connectivity index (χ4n) is 1.90. The standard InChI is InChI=1S/C16H24N4O2S/c1-6-22-11(2)14-18-13(10-23-14)9-20-8-12(7-17-20)19-15(21)16(3,4)5/h7-8,10-11H,6,9H2,1-5H3,(H,19,21). The number of carbonyl (C=O) groups excluding carboxylic acids is 1. The number of aromatic nitrogens is 3. The van der Waals surface area contributed by atoms with Gasteiger partial charge in [-0.15, -0.1) is 11.3 Å². The van der Waals surface area contributed by atoms with E-state index in [4.69, 9.17) is 4.74 Å². The summed E-state index contributed by atoms with van der Waals surface area (Å²) in [5.74, 6) is -0.0291. The van der Waals surface area contributed by atoms with Gasteiger partial charge in [-0.3, -0.25) is 9.48 Å². The number of ether oxygens (including phenoxy) is 1. The van der Waals surface area contributed by atoms with Crippen molar-refractivity contribution in [1.82, 2.24) is 14.8 Å². The van der Waals surface area contributed by atoms with Gasteiger partial charge in [0.1, 0.15) is 11.1 Å². The van der Waals surface area contributed by atoms with Crippen LogP contribution in [0.2, 0.25) is 0 Å². The topological polar surface area (TPSA) is 69.0 Å². The number of carbonyl (C=O) groups is 1. The number of hydrogen-bond donors (Lipinski definition) is 1. The Morgan fingerprint density at radius 3 is 2.87 bits per heavy atom. The van der Waals surface area contributed by atoms with E-state index < -0.39 is 5.41 Å². The monoisotopic (exact) mass is 336 g/mol. The first-order chi connectivity index (χ1) is 10.8. The van der Waals surface area contributed by atoms with E-state index in [-0.39, 0.29) is 12.0 Å². The summed E-state index contributed by atoms with van der Waals surface area (Å²) < 4.78 is 7.32. The quantitative estimate of drug-likeness (QED) is 0.877. The van der Waals surface area contributed by atoms with Crippen LogP contribution in [0.25, 0.3) is 0 Å². The van der Waals surface area contributed by atoms with Crippen molar-refractivity contribution in [3.05, 3.63) is 28.5 Å². The number of hydrogen-bond acceptors (Lipinski definition) is 5. The predicted molar refractivity (Wildman–Crippen MR) is 91.6 cm³/mol. The van der Waals surface area contributed by atoms with Crippen LogP contribution in [-0.2, 0) is 16.1 Å². The van der Waals surface area contributed by atoms with Gasteiger partial charge in [-0.05, 0) is 13.8 Å². The molecule has 0 aromatic carbocycles. The summed E-state index contributed by atoms with van der Waals surface area (Å²) in [5.41, 5.74) is 1.21. The number of thiazole rings is 1. The maximum Gasteiger partial charge on any atom is 0.229 e. The predicted octanol–water partition coefficient (Wildman–Crippen LogP) is 3.47. The van der Waals surface area contributed by atoms with Crippen LogP contribution in [0, 0.1) is 5.41 Å². The van der Waals surface area contributed by atoms with E-state index in [1.165, 1.54) is 0 Å². The number of anilines is 1. The van der Waals surface area contributed by atoms with Crippen LogP contribution in [0.3, 0.4) is 0 Å². The van der Waals surface area contributed by atoms with Gasteiger partial charge in [0.2, 0.25) is 5.91 Å². The van der Waals surface area contributed by atoms with Crippen LogP contribution in [0.5, 0.6) is 0 Å². The normalized spacial score (nSPS) is 13.1. The third-order valence-corrected chi connectivity index (χ3v) is 4.28. The number of nitrogens with one attached hydrogen (secondary N) is 1. The highest BCUT2D eigenvalue weighted by Crippen LogP contribution is 2.22. The molecule has 0 bridgehead atoms. The lowest BCUT2D eigenvalue weighted by Gasteiger charge is -2.16. The minimum Gasteiger partial charge on any atom is -0.372 e. The highest BCUT2D eigenvalue weighted by molar-refractivity contribution is 7.09. The molecule has 1 atom stereocenters. The van der Waals surface area contributed by atoms with Crippen LogP contribution >= 0.6 is 11.3 Å². The Balaban J connectivity index is 1.98. The molecular weight excluding hydrogens is 312 g/mol. The van der Waals surface area contributed by atoms with Crippen LogP contribution in [0.15, 0.2) is 17.8 Å². The second kappa shape index (κ2) is 7.23. The molecule has 2 aromatic heterocycles. The molecule has 23 heavy (non-hydrogen) atoms. The first-order valence-electron chi connectivity index (χ1n) is 7.69. The molecular formula is C16H24N4O2S. The molecule has 0 fully saturated rings. The molecule has 2 heterocycles. The molecule has 1 amide bonds. The van der Waals surface area contributed by atoms with E-state index in [0.29, 0.717) is 18.8 Å². The highest BCUT2D eigenvalue weighted by atomic mass is 32.1. The van der Waals surface area contributed by atoms with Gasteiger partial charge in [-0.25, -0.2) is 4.98 Å². The molecule has 0 spiro atoms. The Kier molecular flexibility index (Phi) is 5.54. The first-order valence-corrected chi connectivity index (χ1v) is 8.57. The maximum absolute atomic E-state index is 12.0. The Morgan fingerprint density at radius 2 is 2.22 bits per heavy atom. The van der Waals surface area contributed by atoms with Crippen molar-refractivity contribution in [2.24, 2.45) is 5.41 Å². The third-order valence-electron chi connectivity index (χ3n) is 3.23. The summed E-state index contributed by atoms with van der Waals surface area (Å²) in [6.07, 6.45) is 3.48. The van der Waals surface area contributed by atoms with Gasteiger partial charge in [-0.2, -0.15) is 5.10 Å². The summed E-state index contributed by atoms with van der Waals surface area (Å²) in [6, 6.07) is 0. The summed E-state index contributed by atoms with van der Waals surface area (Å²) >= 11 is 1.59. The van der Waals surface area contributed by atoms with Gasteiger partial charge in [0.25, 0.3) is 0 Å². The Morgan fingerprint density at radius 1 is 1.48 bits per heavy atom. The molecule has 0 saturated carbocycles. The Bertz CT molecular complexity index is 657. The van der Waals surface area contributed by atoms with Crippen LogP contribution in [0.1, 0.15) is 51.4 Å². The molecule has 6 nitrogen and oxygen atoms in total. The van der Waals surface area contributed by atoms with Crippen LogP contribution < -0.4 is 5.32 Å². The van der Waals surface area contributed by atoms with Crippen LogP contribution in [0.4, 0.5) is 5.69 Å². The van der Waals surface area contributed by atoms with Gasteiger partial charge in [0.05, 0.1) is 24.1 Å². The molecule has 2 rings (SSSR count). The summed E-state index contributed by atoms with van der Waals surface area (Å²) in [7, 11) is 0. The number of nitrogens with zero attached hydrogens (tertiary/aromatic N) is 3. The molecule has 0 aliphatic carbocycles. The molecule has 126 valence electrons. The van der Waals surface area contributed by atoms with Gasteiger partial charge in [0.15, 0.2) is 0 Å². The fraction of sp³-hybridized carbons (Fsp3) is 0.562. The molecule has 0 radical (unpaired) electrons. The van der Waals surface area contributed by atoms with E-state index in [0.717, 1.165) is 10.7 Å². The van der Waals surface area contributed by atoms with E-state index in [1.807, 2.05) is 46.2 Å². The third kappa shape index (κ3) is 4.87. The van der Waals surface area contributed by atoms with Gasteiger partial charge < -0.3 is 10.1 Å². The van der Waals surface area contributed by atoms with Gasteiger partial charge in [0, 0.05) is 23.6 Å². The van der Waals surface area contributed by atoms with Crippen molar-refractivity contribution in [3.63, 3.8) is 0 Å². The van der Waals surface area contributed by atoms with E-state index >= 15 is 0 Å². The zero-order chi connectivity index (χ0) is 17.0. The minimum atomic E-state index is -0.429. The summed E-state index contributed by atoms with van der Waals surface area (Å²) in [4.78, 5) is 16.5. The molecule has 1 N–H and O–H groups in total. The van der Waals surface area contributed by atoms with Crippen molar-refractivity contribution in [2.75, 3.05) is 11.9 Å². The second-order valence-corrected chi connectivity index (χ2v) is 7.30. The molecule has 7 heteroatoms. The maximum atomic E-state index is 12.0.